The number of carbonyl (C=O) groups excluding carboxylic acids is 1. The van der Waals surface area contributed by atoms with Crippen molar-refractivity contribution in [3.63, 3.8) is 0 Å². The lowest BCUT2D eigenvalue weighted by Gasteiger charge is -2.27. The van der Waals surface area contributed by atoms with Crippen LogP contribution in [-0.2, 0) is 7.05 Å². The summed E-state index contributed by atoms with van der Waals surface area (Å²) >= 11 is 6.25. The standard InChI is InChI=1S/C19H20ClN3O2/c1-13-11-18(24)22(2)12-17(13)21-19(25)23-9-7-14(8-10-23)15-5-3-4-6-16(15)20/h3-7,11-12H,8-10H2,1-2H3,(H,21,25). The number of aryl methyl sites for hydroxylation is 2. The molecule has 0 radical (unpaired) electrons. The van der Waals surface area contributed by atoms with Gasteiger partial charge in [0.1, 0.15) is 0 Å². The first kappa shape index (κ1) is 17.3. The molecule has 1 N–H and O–H groups in total. The summed E-state index contributed by atoms with van der Waals surface area (Å²) in [6, 6.07) is 9.09. The van der Waals surface area contributed by atoms with Crippen molar-refractivity contribution in [2.24, 2.45) is 7.05 Å². The molecule has 6 heteroatoms. The third-order valence-electron chi connectivity index (χ3n) is 4.39. The first-order chi connectivity index (χ1) is 12.0. The molecule has 1 aliphatic heterocycles. The lowest BCUT2D eigenvalue weighted by atomic mass is 9.99. The molecular formula is C19H20ClN3O2. The summed E-state index contributed by atoms with van der Waals surface area (Å²) in [7, 11) is 1.66. The third kappa shape index (κ3) is 3.77. The molecule has 5 nitrogen and oxygen atoms in total. The molecule has 0 spiro atoms. The zero-order chi connectivity index (χ0) is 18.0. The Morgan fingerprint density at radius 1 is 1.28 bits per heavy atom. The maximum atomic E-state index is 12.5. The van der Waals surface area contributed by atoms with Gasteiger partial charge in [-0.2, -0.15) is 0 Å². The molecule has 0 unspecified atom stereocenters. The molecule has 3 rings (SSSR count). The van der Waals surface area contributed by atoms with Gasteiger partial charge in [-0.3, -0.25) is 4.79 Å². The van der Waals surface area contributed by atoms with Crippen LogP contribution in [0.25, 0.3) is 5.57 Å². The Morgan fingerprint density at radius 3 is 2.72 bits per heavy atom. The number of amides is 2. The van der Waals surface area contributed by atoms with Crippen LogP contribution in [0, 0.1) is 6.92 Å². The molecule has 0 aliphatic carbocycles. The SMILES string of the molecule is Cc1cc(=O)n(C)cc1NC(=O)N1CC=C(c2ccccc2Cl)CC1. The Labute approximate surface area is 151 Å². The molecule has 2 aromatic rings. The summed E-state index contributed by atoms with van der Waals surface area (Å²) < 4.78 is 1.45. The van der Waals surface area contributed by atoms with Gasteiger partial charge in [-0.1, -0.05) is 35.9 Å². The third-order valence-corrected chi connectivity index (χ3v) is 4.72. The number of hydrogen-bond donors (Lipinski definition) is 1. The van der Waals surface area contributed by atoms with E-state index < -0.39 is 0 Å². The first-order valence-corrected chi connectivity index (χ1v) is 8.50. The Hall–Kier alpha value is -2.53. The van der Waals surface area contributed by atoms with E-state index in [1.165, 1.54) is 10.6 Å². The summed E-state index contributed by atoms with van der Waals surface area (Å²) in [5.74, 6) is 0. The number of halogens is 1. The van der Waals surface area contributed by atoms with E-state index in [0.717, 1.165) is 28.1 Å². The van der Waals surface area contributed by atoms with Gasteiger partial charge in [0.25, 0.3) is 5.56 Å². The van der Waals surface area contributed by atoms with Gasteiger partial charge in [0, 0.05) is 37.4 Å². The zero-order valence-electron chi connectivity index (χ0n) is 14.3. The topological polar surface area (TPSA) is 54.3 Å². The van der Waals surface area contributed by atoms with Crippen molar-refractivity contribution in [1.29, 1.82) is 0 Å². The predicted molar refractivity (Wildman–Crippen MR) is 101 cm³/mol. The van der Waals surface area contributed by atoms with E-state index >= 15 is 0 Å². The summed E-state index contributed by atoms with van der Waals surface area (Å²) in [6.07, 6.45) is 4.44. The lowest BCUT2D eigenvalue weighted by Crippen LogP contribution is -2.38. The van der Waals surface area contributed by atoms with Gasteiger partial charge in [0.2, 0.25) is 0 Å². The van der Waals surface area contributed by atoms with Crippen molar-refractivity contribution >= 4 is 28.9 Å². The minimum atomic E-state index is -0.170. The van der Waals surface area contributed by atoms with Crippen molar-refractivity contribution in [2.45, 2.75) is 13.3 Å². The number of nitrogens with one attached hydrogen (secondary N) is 1. The zero-order valence-corrected chi connectivity index (χ0v) is 15.0. The molecule has 2 amide bonds. The molecule has 0 saturated carbocycles. The van der Waals surface area contributed by atoms with Crippen LogP contribution in [0.3, 0.4) is 0 Å². The van der Waals surface area contributed by atoms with E-state index in [2.05, 4.69) is 5.32 Å². The molecule has 1 aromatic carbocycles. The minimum absolute atomic E-state index is 0.0965. The van der Waals surface area contributed by atoms with Crippen LogP contribution in [0.1, 0.15) is 17.5 Å². The van der Waals surface area contributed by atoms with Crippen molar-refractivity contribution in [3.8, 4) is 0 Å². The number of benzene rings is 1. The van der Waals surface area contributed by atoms with E-state index in [-0.39, 0.29) is 11.6 Å². The lowest BCUT2D eigenvalue weighted by molar-refractivity contribution is 0.217. The molecule has 0 atom stereocenters. The largest absolute Gasteiger partial charge is 0.322 e. The highest BCUT2D eigenvalue weighted by molar-refractivity contribution is 6.32. The van der Waals surface area contributed by atoms with Crippen LogP contribution in [-0.4, -0.2) is 28.6 Å². The smallest absolute Gasteiger partial charge is 0.320 e. The molecule has 130 valence electrons. The molecule has 2 heterocycles. The molecule has 0 bridgehead atoms. The monoisotopic (exact) mass is 357 g/mol. The van der Waals surface area contributed by atoms with Crippen LogP contribution in [0.15, 0.2) is 47.4 Å². The highest BCUT2D eigenvalue weighted by atomic mass is 35.5. The van der Waals surface area contributed by atoms with Gasteiger partial charge in [-0.25, -0.2) is 4.79 Å². The summed E-state index contributed by atoms with van der Waals surface area (Å²) in [5, 5.41) is 3.62. The average molecular weight is 358 g/mol. The van der Waals surface area contributed by atoms with Crippen LogP contribution in [0.2, 0.25) is 5.02 Å². The maximum absolute atomic E-state index is 12.5. The summed E-state index contributed by atoms with van der Waals surface area (Å²) in [4.78, 5) is 25.8. The van der Waals surface area contributed by atoms with Crippen molar-refractivity contribution in [1.82, 2.24) is 9.47 Å². The molecule has 1 aliphatic rings. The second-order valence-corrected chi connectivity index (χ2v) is 6.56. The fraction of sp³-hybridized carbons (Fsp3) is 0.263. The maximum Gasteiger partial charge on any atom is 0.322 e. The van der Waals surface area contributed by atoms with Crippen LogP contribution in [0.4, 0.5) is 10.5 Å². The van der Waals surface area contributed by atoms with E-state index in [4.69, 9.17) is 11.6 Å². The highest BCUT2D eigenvalue weighted by Crippen LogP contribution is 2.28. The van der Waals surface area contributed by atoms with Crippen LogP contribution < -0.4 is 10.9 Å². The van der Waals surface area contributed by atoms with Gasteiger partial charge in [-0.05, 0) is 36.1 Å². The Bertz CT molecular complexity index is 902. The second kappa shape index (κ2) is 7.15. The molecule has 1 aromatic heterocycles. The normalized spacial score (nSPS) is 14.2. The van der Waals surface area contributed by atoms with Crippen LogP contribution in [0.5, 0.6) is 0 Å². The number of rotatable bonds is 2. The van der Waals surface area contributed by atoms with Crippen molar-refractivity contribution in [3.05, 3.63) is 69.1 Å². The number of urea groups is 1. The number of anilines is 1. The van der Waals surface area contributed by atoms with Gasteiger partial charge >= 0.3 is 6.03 Å². The van der Waals surface area contributed by atoms with Gasteiger partial charge < -0.3 is 14.8 Å². The van der Waals surface area contributed by atoms with Gasteiger partial charge in [0.05, 0.1) is 5.69 Å². The second-order valence-electron chi connectivity index (χ2n) is 6.15. The molecule has 25 heavy (non-hydrogen) atoms. The van der Waals surface area contributed by atoms with Crippen molar-refractivity contribution in [2.75, 3.05) is 18.4 Å². The molecule has 0 saturated heterocycles. The number of aromatic nitrogens is 1. The predicted octanol–water partition coefficient (Wildman–Crippen LogP) is 3.67. The summed E-state index contributed by atoms with van der Waals surface area (Å²) in [6.45, 7) is 2.95. The van der Waals surface area contributed by atoms with E-state index in [1.54, 1.807) is 18.1 Å². The average Bonchev–Trinajstić information content (AvgIpc) is 2.60. The first-order valence-electron chi connectivity index (χ1n) is 8.13. The molecular weight excluding hydrogens is 338 g/mol. The van der Waals surface area contributed by atoms with E-state index in [1.807, 2.05) is 37.3 Å². The molecule has 0 fully saturated rings. The number of nitrogens with zero attached hydrogens (tertiary/aromatic N) is 2. The minimum Gasteiger partial charge on any atom is -0.320 e. The Balaban J connectivity index is 1.71. The Morgan fingerprint density at radius 2 is 2.04 bits per heavy atom. The van der Waals surface area contributed by atoms with E-state index in [0.29, 0.717) is 18.8 Å². The highest BCUT2D eigenvalue weighted by Gasteiger charge is 2.19. The quantitative estimate of drug-likeness (QED) is 0.891. The van der Waals surface area contributed by atoms with Gasteiger partial charge in [0.15, 0.2) is 0 Å². The van der Waals surface area contributed by atoms with Crippen molar-refractivity contribution < 1.29 is 4.79 Å². The number of pyridine rings is 1. The fourth-order valence-electron chi connectivity index (χ4n) is 2.87. The van der Waals surface area contributed by atoms with Gasteiger partial charge in [-0.15, -0.1) is 0 Å². The van der Waals surface area contributed by atoms with E-state index in [9.17, 15) is 9.59 Å². The number of carbonyl (C=O) groups is 1. The van der Waals surface area contributed by atoms with Crippen LogP contribution >= 0.6 is 11.6 Å². The Kier molecular flexibility index (Phi) is 4.95. The fourth-order valence-corrected chi connectivity index (χ4v) is 3.13. The number of hydrogen-bond acceptors (Lipinski definition) is 2. The summed E-state index contributed by atoms with van der Waals surface area (Å²) in [5.41, 5.74) is 3.49.